The number of benzene rings is 4. The van der Waals surface area contributed by atoms with Gasteiger partial charge in [0.25, 0.3) is 5.91 Å². The second-order valence-corrected chi connectivity index (χ2v) is 7.90. The number of amides is 1. The number of fused-ring (bicyclic) bond motifs is 1. The van der Waals surface area contributed by atoms with Crippen molar-refractivity contribution in [3.63, 3.8) is 0 Å². The molecule has 1 heterocycles. The normalized spacial score (nSPS) is 10.8. The van der Waals surface area contributed by atoms with Crippen LogP contribution in [-0.4, -0.2) is 10.9 Å². The summed E-state index contributed by atoms with van der Waals surface area (Å²) < 4.78 is 11.6. The number of halogens is 1. The monoisotopic (exact) mass is 454 g/mol. The molecule has 0 saturated heterocycles. The van der Waals surface area contributed by atoms with Crippen molar-refractivity contribution in [3.8, 4) is 17.2 Å². The van der Waals surface area contributed by atoms with Crippen LogP contribution in [0.2, 0.25) is 5.02 Å². The Morgan fingerprint density at radius 1 is 0.909 bits per heavy atom. The summed E-state index contributed by atoms with van der Waals surface area (Å²) in [6, 6.07) is 29.6. The van der Waals surface area contributed by atoms with E-state index in [4.69, 9.17) is 20.8 Å². The Morgan fingerprint density at radius 2 is 1.67 bits per heavy atom. The molecule has 0 aliphatic carbocycles. The largest absolute Gasteiger partial charge is 0.489 e. The summed E-state index contributed by atoms with van der Waals surface area (Å²) in [6.07, 6.45) is 0. The van der Waals surface area contributed by atoms with Crippen LogP contribution in [-0.2, 0) is 6.61 Å². The van der Waals surface area contributed by atoms with Crippen molar-refractivity contribution in [1.82, 2.24) is 4.98 Å². The third kappa shape index (κ3) is 4.89. The van der Waals surface area contributed by atoms with Gasteiger partial charge in [-0.2, -0.15) is 0 Å². The summed E-state index contributed by atoms with van der Waals surface area (Å²) in [4.78, 5) is 17.2. The Labute approximate surface area is 195 Å². The van der Waals surface area contributed by atoms with Crippen molar-refractivity contribution in [2.24, 2.45) is 0 Å². The van der Waals surface area contributed by atoms with E-state index in [-0.39, 0.29) is 5.91 Å². The minimum absolute atomic E-state index is 0.217. The maximum absolute atomic E-state index is 12.7. The first-order valence-electron chi connectivity index (χ1n) is 10.4. The van der Waals surface area contributed by atoms with Crippen LogP contribution >= 0.6 is 11.6 Å². The van der Waals surface area contributed by atoms with E-state index in [2.05, 4.69) is 10.3 Å². The first-order valence-corrected chi connectivity index (χ1v) is 10.8. The Morgan fingerprint density at radius 3 is 2.42 bits per heavy atom. The number of nitrogens with one attached hydrogen (secondary N) is 1. The highest BCUT2D eigenvalue weighted by atomic mass is 35.5. The molecule has 1 N–H and O–H groups in total. The zero-order chi connectivity index (χ0) is 22.6. The minimum atomic E-state index is -0.217. The van der Waals surface area contributed by atoms with E-state index in [9.17, 15) is 4.79 Å². The smallest absolute Gasteiger partial charge is 0.255 e. The topological polar surface area (TPSA) is 64.4 Å². The first-order chi connectivity index (χ1) is 16.1. The van der Waals surface area contributed by atoms with Crippen LogP contribution in [0.15, 0.2) is 101 Å². The lowest BCUT2D eigenvalue weighted by Crippen LogP contribution is -2.11. The fourth-order valence-corrected chi connectivity index (χ4v) is 3.49. The van der Waals surface area contributed by atoms with Gasteiger partial charge >= 0.3 is 0 Å². The molecule has 6 heteroatoms. The second kappa shape index (κ2) is 9.18. The molecule has 5 rings (SSSR count). The summed E-state index contributed by atoms with van der Waals surface area (Å²) in [5.74, 6) is 0.982. The van der Waals surface area contributed by atoms with Crippen molar-refractivity contribution in [2.75, 3.05) is 5.32 Å². The third-order valence-corrected chi connectivity index (χ3v) is 5.35. The highest BCUT2D eigenvalue weighted by molar-refractivity contribution is 6.30. The number of hydrogen-bond acceptors (Lipinski definition) is 4. The highest BCUT2D eigenvalue weighted by Crippen LogP contribution is 2.27. The van der Waals surface area contributed by atoms with Crippen LogP contribution in [0, 0.1) is 0 Å². The predicted molar refractivity (Wildman–Crippen MR) is 130 cm³/mol. The van der Waals surface area contributed by atoms with Crippen LogP contribution in [0.1, 0.15) is 15.9 Å². The zero-order valence-corrected chi connectivity index (χ0v) is 18.3. The molecule has 0 radical (unpaired) electrons. The van der Waals surface area contributed by atoms with Gasteiger partial charge in [0, 0.05) is 21.8 Å². The number of aromatic nitrogens is 1. The van der Waals surface area contributed by atoms with E-state index in [1.54, 1.807) is 54.6 Å². The molecule has 33 heavy (non-hydrogen) atoms. The molecule has 0 aliphatic heterocycles. The van der Waals surface area contributed by atoms with E-state index in [1.807, 2.05) is 42.5 Å². The number of ether oxygens (including phenoxy) is 1. The quantitative estimate of drug-likeness (QED) is 0.300. The molecule has 4 aromatic carbocycles. The number of oxazole rings is 1. The molecule has 0 saturated carbocycles. The lowest BCUT2D eigenvalue weighted by molar-refractivity contribution is 0.102. The van der Waals surface area contributed by atoms with Crippen LogP contribution in [0.5, 0.6) is 5.75 Å². The van der Waals surface area contributed by atoms with Crippen molar-refractivity contribution in [3.05, 3.63) is 113 Å². The van der Waals surface area contributed by atoms with Crippen LogP contribution < -0.4 is 10.1 Å². The fraction of sp³-hybridized carbons (Fsp3) is 0.0370. The van der Waals surface area contributed by atoms with E-state index in [1.165, 1.54) is 0 Å². The van der Waals surface area contributed by atoms with Crippen LogP contribution in [0.25, 0.3) is 22.6 Å². The van der Waals surface area contributed by atoms with Gasteiger partial charge in [0.05, 0.1) is 0 Å². The molecule has 5 aromatic rings. The minimum Gasteiger partial charge on any atom is -0.489 e. The maximum Gasteiger partial charge on any atom is 0.255 e. The molecule has 162 valence electrons. The third-order valence-electron chi connectivity index (χ3n) is 5.10. The zero-order valence-electron chi connectivity index (χ0n) is 17.5. The number of carbonyl (C=O) groups is 1. The summed E-state index contributed by atoms with van der Waals surface area (Å²) in [5.41, 5.74) is 4.37. The Kier molecular flexibility index (Phi) is 5.79. The van der Waals surface area contributed by atoms with E-state index in [0.29, 0.717) is 45.6 Å². The molecule has 0 atom stereocenters. The molecular formula is C27H19ClN2O3. The second-order valence-electron chi connectivity index (χ2n) is 7.46. The Hall–Kier alpha value is -4.09. The summed E-state index contributed by atoms with van der Waals surface area (Å²) in [7, 11) is 0. The van der Waals surface area contributed by atoms with Gasteiger partial charge in [-0.1, -0.05) is 41.9 Å². The number of nitrogens with zero attached hydrogens (tertiary/aromatic N) is 1. The van der Waals surface area contributed by atoms with Gasteiger partial charge in [-0.25, -0.2) is 4.98 Å². The van der Waals surface area contributed by atoms with Crippen molar-refractivity contribution < 1.29 is 13.9 Å². The standard InChI is InChI=1S/C27H19ClN2O3/c28-21-10-6-20(7-11-21)27-30-24-16-22(12-15-25(24)33-27)29-26(31)19-8-13-23(14-9-19)32-17-18-4-2-1-3-5-18/h1-16H,17H2,(H,29,31). The molecule has 1 amide bonds. The van der Waals surface area contributed by atoms with Crippen molar-refractivity contribution >= 4 is 34.3 Å². The van der Waals surface area contributed by atoms with E-state index >= 15 is 0 Å². The lowest BCUT2D eigenvalue weighted by atomic mass is 10.2. The predicted octanol–water partition coefficient (Wildman–Crippen LogP) is 6.98. The molecule has 0 fully saturated rings. The molecule has 5 nitrogen and oxygen atoms in total. The van der Waals surface area contributed by atoms with Gasteiger partial charge in [0.1, 0.15) is 17.9 Å². The Bertz CT molecular complexity index is 1400. The summed E-state index contributed by atoms with van der Waals surface area (Å²) in [5, 5.41) is 3.55. The van der Waals surface area contributed by atoms with Crippen molar-refractivity contribution in [1.29, 1.82) is 0 Å². The highest BCUT2D eigenvalue weighted by Gasteiger charge is 2.11. The van der Waals surface area contributed by atoms with Gasteiger partial charge < -0.3 is 14.5 Å². The molecule has 0 spiro atoms. The van der Waals surface area contributed by atoms with Gasteiger partial charge in [-0.15, -0.1) is 0 Å². The maximum atomic E-state index is 12.7. The van der Waals surface area contributed by atoms with E-state index in [0.717, 1.165) is 11.1 Å². The number of rotatable bonds is 6. The van der Waals surface area contributed by atoms with Gasteiger partial charge in [-0.05, 0) is 72.3 Å². The van der Waals surface area contributed by atoms with Gasteiger partial charge in [0.2, 0.25) is 5.89 Å². The van der Waals surface area contributed by atoms with Crippen LogP contribution in [0.4, 0.5) is 5.69 Å². The molecule has 0 aliphatic rings. The van der Waals surface area contributed by atoms with Gasteiger partial charge in [-0.3, -0.25) is 4.79 Å². The number of hydrogen-bond donors (Lipinski definition) is 1. The molecular weight excluding hydrogens is 436 g/mol. The summed E-state index contributed by atoms with van der Waals surface area (Å²) in [6.45, 7) is 0.474. The Balaban J connectivity index is 1.26. The average molecular weight is 455 g/mol. The SMILES string of the molecule is O=C(Nc1ccc2oc(-c3ccc(Cl)cc3)nc2c1)c1ccc(OCc2ccccc2)cc1. The molecule has 0 bridgehead atoms. The average Bonchev–Trinajstić information content (AvgIpc) is 3.27. The number of anilines is 1. The fourth-order valence-electron chi connectivity index (χ4n) is 3.37. The van der Waals surface area contributed by atoms with Crippen molar-refractivity contribution in [2.45, 2.75) is 6.61 Å². The lowest BCUT2D eigenvalue weighted by Gasteiger charge is -2.08. The molecule has 1 aromatic heterocycles. The van der Waals surface area contributed by atoms with E-state index < -0.39 is 0 Å². The number of carbonyl (C=O) groups excluding carboxylic acids is 1. The first kappa shape index (κ1) is 20.8. The van der Waals surface area contributed by atoms with Gasteiger partial charge in [0.15, 0.2) is 5.58 Å². The van der Waals surface area contributed by atoms with Crippen LogP contribution in [0.3, 0.4) is 0 Å². The summed E-state index contributed by atoms with van der Waals surface area (Å²) >= 11 is 5.95. The molecule has 0 unspecified atom stereocenters.